The van der Waals surface area contributed by atoms with E-state index in [4.69, 9.17) is 5.73 Å². The maximum absolute atomic E-state index is 5.88. The van der Waals surface area contributed by atoms with E-state index in [1.807, 2.05) is 11.7 Å². The molecule has 0 spiro atoms. The first kappa shape index (κ1) is 11.6. The lowest BCUT2D eigenvalue weighted by molar-refractivity contribution is 0.277. The van der Waals surface area contributed by atoms with Crippen molar-refractivity contribution in [2.75, 3.05) is 20.1 Å². The highest BCUT2D eigenvalue weighted by Crippen LogP contribution is 2.38. The Hall–Kier alpha value is -0.870. The molecule has 0 aromatic carbocycles. The van der Waals surface area contributed by atoms with Gasteiger partial charge in [-0.1, -0.05) is 0 Å². The van der Waals surface area contributed by atoms with Crippen LogP contribution in [0, 0.1) is 19.8 Å². The first-order valence-corrected chi connectivity index (χ1v) is 5.96. The lowest BCUT2D eigenvalue weighted by atomic mass is 9.92. The summed E-state index contributed by atoms with van der Waals surface area (Å²) in [5.41, 5.74) is 9.69. The third kappa shape index (κ3) is 1.66. The van der Waals surface area contributed by atoms with E-state index in [1.54, 1.807) is 0 Å². The van der Waals surface area contributed by atoms with Gasteiger partial charge in [0.05, 0.1) is 5.69 Å². The van der Waals surface area contributed by atoms with E-state index in [2.05, 4.69) is 30.9 Å². The van der Waals surface area contributed by atoms with Gasteiger partial charge in [-0.15, -0.1) is 0 Å². The fourth-order valence-corrected chi connectivity index (χ4v) is 2.95. The highest BCUT2D eigenvalue weighted by molar-refractivity contribution is 5.29. The molecule has 0 aliphatic carbocycles. The van der Waals surface area contributed by atoms with Crippen LogP contribution in [0.2, 0.25) is 0 Å². The van der Waals surface area contributed by atoms with Crippen molar-refractivity contribution in [3.63, 3.8) is 0 Å². The summed E-state index contributed by atoms with van der Waals surface area (Å²) < 4.78 is 1.98. The molecular formula is C12H22N4. The molecule has 1 saturated heterocycles. The first-order chi connectivity index (χ1) is 7.56. The zero-order chi connectivity index (χ0) is 11.9. The first-order valence-electron chi connectivity index (χ1n) is 5.96. The fourth-order valence-electron chi connectivity index (χ4n) is 2.95. The topological polar surface area (TPSA) is 47.1 Å². The van der Waals surface area contributed by atoms with Crippen LogP contribution < -0.4 is 5.73 Å². The van der Waals surface area contributed by atoms with Crippen LogP contribution in [0.15, 0.2) is 0 Å². The van der Waals surface area contributed by atoms with E-state index in [9.17, 15) is 0 Å². The zero-order valence-electron chi connectivity index (χ0n) is 10.7. The maximum Gasteiger partial charge on any atom is 0.0644 e. The Morgan fingerprint density at radius 3 is 2.56 bits per heavy atom. The van der Waals surface area contributed by atoms with Gasteiger partial charge in [-0.2, -0.15) is 5.10 Å². The van der Waals surface area contributed by atoms with Gasteiger partial charge in [0.25, 0.3) is 0 Å². The van der Waals surface area contributed by atoms with Crippen molar-refractivity contribution in [3.8, 4) is 0 Å². The predicted molar refractivity (Wildman–Crippen MR) is 65.2 cm³/mol. The molecule has 0 amide bonds. The van der Waals surface area contributed by atoms with Crippen LogP contribution in [0.3, 0.4) is 0 Å². The monoisotopic (exact) mass is 222 g/mol. The molecule has 4 heteroatoms. The van der Waals surface area contributed by atoms with Crippen molar-refractivity contribution >= 4 is 0 Å². The number of aromatic nitrogens is 2. The molecule has 4 nitrogen and oxygen atoms in total. The standard InChI is InChI=1S/C12H22N4/c1-8-11(9(2)16(4)14-8)12-10(7-13)5-6-15(12)3/h10,12H,5-7,13H2,1-4H3. The number of likely N-dealkylation sites (tertiary alicyclic amines) is 1. The van der Waals surface area contributed by atoms with Crippen LogP contribution in [0.5, 0.6) is 0 Å². The Morgan fingerprint density at radius 1 is 1.38 bits per heavy atom. The van der Waals surface area contributed by atoms with Crippen LogP contribution >= 0.6 is 0 Å². The average Bonchev–Trinajstić information content (AvgIpc) is 2.70. The van der Waals surface area contributed by atoms with Gasteiger partial charge < -0.3 is 5.73 Å². The molecule has 1 aromatic heterocycles. The normalized spacial score (nSPS) is 26.6. The molecule has 2 heterocycles. The molecule has 1 aromatic rings. The minimum absolute atomic E-state index is 0.457. The highest BCUT2D eigenvalue weighted by atomic mass is 15.3. The molecule has 90 valence electrons. The minimum Gasteiger partial charge on any atom is -0.330 e. The molecule has 16 heavy (non-hydrogen) atoms. The van der Waals surface area contributed by atoms with Crippen molar-refractivity contribution < 1.29 is 0 Å². The van der Waals surface area contributed by atoms with E-state index in [0.717, 1.165) is 18.8 Å². The number of hydrogen-bond donors (Lipinski definition) is 1. The number of aryl methyl sites for hydroxylation is 2. The van der Waals surface area contributed by atoms with Crippen LogP contribution in [0.4, 0.5) is 0 Å². The van der Waals surface area contributed by atoms with Gasteiger partial charge in [0.1, 0.15) is 0 Å². The van der Waals surface area contributed by atoms with Gasteiger partial charge in [0.2, 0.25) is 0 Å². The lowest BCUT2D eigenvalue weighted by Gasteiger charge is -2.25. The van der Waals surface area contributed by atoms with Crippen molar-refractivity contribution in [2.24, 2.45) is 18.7 Å². The fraction of sp³-hybridized carbons (Fsp3) is 0.750. The number of hydrogen-bond acceptors (Lipinski definition) is 3. The molecule has 1 fully saturated rings. The smallest absolute Gasteiger partial charge is 0.0644 e. The van der Waals surface area contributed by atoms with Crippen LogP contribution in [0.25, 0.3) is 0 Å². The molecule has 2 unspecified atom stereocenters. The van der Waals surface area contributed by atoms with Gasteiger partial charge in [0, 0.05) is 24.3 Å². The van der Waals surface area contributed by atoms with Gasteiger partial charge in [0.15, 0.2) is 0 Å². The molecule has 0 radical (unpaired) electrons. The van der Waals surface area contributed by atoms with Gasteiger partial charge in [-0.05, 0) is 46.3 Å². The Kier molecular flexibility index (Phi) is 3.04. The quantitative estimate of drug-likeness (QED) is 0.811. The summed E-state index contributed by atoms with van der Waals surface area (Å²) in [4.78, 5) is 2.41. The summed E-state index contributed by atoms with van der Waals surface area (Å²) in [5, 5.41) is 4.51. The number of nitrogens with zero attached hydrogens (tertiary/aromatic N) is 3. The number of nitrogens with two attached hydrogens (primary N) is 1. The SMILES string of the molecule is Cc1nn(C)c(C)c1C1C(CN)CCN1C. The van der Waals surface area contributed by atoms with E-state index in [-0.39, 0.29) is 0 Å². The van der Waals surface area contributed by atoms with Crippen LogP contribution in [-0.4, -0.2) is 34.8 Å². The third-order valence-corrected chi connectivity index (χ3v) is 3.94. The van der Waals surface area contributed by atoms with Crippen molar-refractivity contribution in [2.45, 2.75) is 26.3 Å². The second-order valence-corrected chi connectivity index (χ2v) is 4.92. The average molecular weight is 222 g/mol. The summed E-state index contributed by atoms with van der Waals surface area (Å²) >= 11 is 0. The van der Waals surface area contributed by atoms with Crippen molar-refractivity contribution in [3.05, 3.63) is 17.0 Å². The summed E-state index contributed by atoms with van der Waals surface area (Å²) in [6.07, 6.45) is 1.20. The Morgan fingerprint density at radius 2 is 2.06 bits per heavy atom. The van der Waals surface area contributed by atoms with E-state index in [0.29, 0.717) is 12.0 Å². The van der Waals surface area contributed by atoms with Crippen LogP contribution in [0.1, 0.15) is 29.4 Å². The summed E-state index contributed by atoms with van der Waals surface area (Å²) in [5.74, 6) is 0.576. The van der Waals surface area contributed by atoms with Crippen LogP contribution in [-0.2, 0) is 7.05 Å². The molecule has 0 saturated carbocycles. The second kappa shape index (κ2) is 4.18. The Balaban J connectivity index is 2.42. The predicted octanol–water partition coefficient (Wildman–Crippen LogP) is 0.988. The second-order valence-electron chi connectivity index (χ2n) is 4.92. The molecule has 2 rings (SSSR count). The van der Waals surface area contributed by atoms with E-state index < -0.39 is 0 Å². The summed E-state index contributed by atoms with van der Waals surface area (Å²) in [6, 6.07) is 0.457. The minimum atomic E-state index is 0.457. The molecule has 1 aliphatic rings. The summed E-state index contributed by atoms with van der Waals surface area (Å²) in [6.45, 7) is 6.15. The van der Waals surface area contributed by atoms with E-state index in [1.165, 1.54) is 17.7 Å². The van der Waals surface area contributed by atoms with Crippen molar-refractivity contribution in [1.29, 1.82) is 0 Å². The lowest BCUT2D eigenvalue weighted by Crippen LogP contribution is -2.26. The molecular weight excluding hydrogens is 200 g/mol. The van der Waals surface area contributed by atoms with Crippen molar-refractivity contribution in [1.82, 2.24) is 14.7 Å². The largest absolute Gasteiger partial charge is 0.330 e. The molecule has 2 atom stereocenters. The third-order valence-electron chi connectivity index (χ3n) is 3.94. The summed E-state index contributed by atoms with van der Waals surface area (Å²) in [7, 11) is 4.20. The Bertz CT molecular complexity index is 383. The molecule has 2 N–H and O–H groups in total. The number of rotatable bonds is 2. The molecule has 0 bridgehead atoms. The van der Waals surface area contributed by atoms with Gasteiger partial charge >= 0.3 is 0 Å². The van der Waals surface area contributed by atoms with Gasteiger partial charge in [-0.25, -0.2) is 0 Å². The Labute approximate surface area is 97.4 Å². The maximum atomic E-state index is 5.88. The highest BCUT2D eigenvalue weighted by Gasteiger charge is 2.35. The van der Waals surface area contributed by atoms with Gasteiger partial charge in [-0.3, -0.25) is 9.58 Å². The van der Waals surface area contributed by atoms with E-state index >= 15 is 0 Å². The zero-order valence-corrected chi connectivity index (χ0v) is 10.7. The molecule has 1 aliphatic heterocycles.